The molecule has 82 valence electrons. The van der Waals surface area contributed by atoms with Crippen LogP contribution in [0, 0.1) is 22.7 Å². The average Bonchev–Trinajstić information content (AvgIpc) is 2.34. The molecule has 1 aromatic heterocycles. The van der Waals surface area contributed by atoms with Crippen LogP contribution < -0.4 is 0 Å². The largest absolute Gasteiger partial charge is 0.298 e. The Morgan fingerprint density at radius 1 is 1.44 bits per heavy atom. The summed E-state index contributed by atoms with van der Waals surface area (Å²) in [5.74, 6) is 0. The van der Waals surface area contributed by atoms with Crippen molar-refractivity contribution in [1.82, 2.24) is 9.88 Å². The van der Waals surface area contributed by atoms with Crippen molar-refractivity contribution >= 4 is 0 Å². The first-order valence-electron chi connectivity index (χ1n) is 5.25. The third kappa shape index (κ3) is 3.34. The third-order valence-electron chi connectivity index (χ3n) is 2.38. The summed E-state index contributed by atoms with van der Waals surface area (Å²) in [5.41, 5.74) is 1.39. The summed E-state index contributed by atoms with van der Waals surface area (Å²) in [6, 6.07) is 7.93. The van der Waals surface area contributed by atoms with E-state index in [2.05, 4.69) is 22.0 Å². The number of hydrogen-bond acceptors (Lipinski definition) is 4. The van der Waals surface area contributed by atoms with Crippen LogP contribution in [-0.2, 0) is 6.54 Å². The lowest BCUT2D eigenvalue weighted by atomic mass is 10.2. The number of nitriles is 2. The highest BCUT2D eigenvalue weighted by molar-refractivity contribution is 5.30. The van der Waals surface area contributed by atoms with Gasteiger partial charge in [0.25, 0.3) is 0 Å². The maximum absolute atomic E-state index is 8.90. The zero-order valence-corrected chi connectivity index (χ0v) is 9.35. The molecule has 0 aliphatic heterocycles. The molecule has 0 aromatic carbocycles. The van der Waals surface area contributed by atoms with E-state index in [4.69, 9.17) is 10.5 Å². The maximum atomic E-state index is 8.90. The van der Waals surface area contributed by atoms with Gasteiger partial charge in [0.15, 0.2) is 0 Å². The summed E-state index contributed by atoms with van der Waals surface area (Å²) in [4.78, 5) is 6.14. The fraction of sp³-hybridized carbons (Fsp3) is 0.417. The minimum atomic E-state index is 0.470. The average molecular weight is 214 g/mol. The van der Waals surface area contributed by atoms with Crippen LogP contribution in [0.5, 0.6) is 0 Å². The monoisotopic (exact) mass is 214 g/mol. The van der Waals surface area contributed by atoms with E-state index in [-0.39, 0.29) is 0 Å². The topological polar surface area (TPSA) is 63.7 Å². The van der Waals surface area contributed by atoms with Crippen molar-refractivity contribution in [3.05, 3.63) is 29.6 Å². The molecule has 0 radical (unpaired) electrons. The first kappa shape index (κ1) is 12.2. The maximum Gasteiger partial charge on any atom is 0.144 e. The van der Waals surface area contributed by atoms with Crippen molar-refractivity contribution in [3.63, 3.8) is 0 Å². The summed E-state index contributed by atoms with van der Waals surface area (Å²) in [7, 11) is 0. The van der Waals surface area contributed by atoms with Gasteiger partial charge in [0.05, 0.1) is 6.07 Å². The van der Waals surface area contributed by atoms with Gasteiger partial charge < -0.3 is 0 Å². The Hall–Kier alpha value is -1.91. The second kappa shape index (κ2) is 6.55. The zero-order chi connectivity index (χ0) is 11.8. The van der Waals surface area contributed by atoms with E-state index in [0.717, 1.165) is 18.7 Å². The van der Waals surface area contributed by atoms with Crippen molar-refractivity contribution in [2.24, 2.45) is 0 Å². The summed E-state index contributed by atoms with van der Waals surface area (Å²) in [5, 5.41) is 17.4. The molecule has 0 unspecified atom stereocenters. The Morgan fingerprint density at radius 3 is 2.88 bits per heavy atom. The standard InChI is InChI=1S/C12H14N4/c1-2-16(8-4-6-13)10-11-5-3-7-15-12(11)9-14/h3,5,7H,2,4,8,10H2,1H3. The van der Waals surface area contributed by atoms with E-state index in [1.165, 1.54) is 0 Å². The molecular formula is C12H14N4. The number of pyridine rings is 1. The molecule has 1 rings (SSSR count). The van der Waals surface area contributed by atoms with E-state index >= 15 is 0 Å². The van der Waals surface area contributed by atoms with E-state index in [1.807, 2.05) is 19.1 Å². The summed E-state index contributed by atoms with van der Waals surface area (Å²) < 4.78 is 0. The molecule has 16 heavy (non-hydrogen) atoms. The van der Waals surface area contributed by atoms with Crippen LogP contribution in [0.15, 0.2) is 18.3 Å². The lowest BCUT2D eigenvalue weighted by molar-refractivity contribution is 0.286. The number of rotatable bonds is 5. The zero-order valence-electron chi connectivity index (χ0n) is 9.35. The molecule has 1 aromatic rings. The molecular weight excluding hydrogens is 200 g/mol. The molecule has 0 atom stereocenters. The fourth-order valence-electron chi connectivity index (χ4n) is 1.46. The van der Waals surface area contributed by atoms with Crippen molar-refractivity contribution in [2.75, 3.05) is 13.1 Å². The van der Waals surface area contributed by atoms with Crippen LogP contribution in [0.1, 0.15) is 24.6 Å². The lowest BCUT2D eigenvalue weighted by Gasteiger charge is -2.19. The van der Waals surface area contributed by atoms with E-state index < -0.39 is 0 Å². The minimum absolute atomic E-state index is 0.470. The second-order valence-corrected chi connectivity index (χ2v) is 3.40. The van der Waals surface area contributed by atoms with Crippen LogP contribution in [0.25, 0.3) is 0 Å². The Kier molecular flexibility index (Phi) is 4.98. The Labute approximate surface area is 95.8 Å². The van der Waals surface area contributed by atoms with Crippen molar-refractivity contribution < 1.29 is 0 Å². The highest BCUT2D eigenvalue weighted by atomic mass is 15.1. The lowest BCUT2D eigenvalue weighted by Crippen LogP contribution is -2.24. The predicted octanol–water partition coefficient (Wildman–Crippen LogP) is 1.69. The molecule has 0 fully saturated rings. The SMILES string of the molecule is CCN(CCC#N)Cc1cccnc1C#N. The predicted molar refractivity (Wildman–Crippen MR) is 60.1 cm³/mol. The first-order chi connectivity index (χ1) is 7.81. The van der Waals surface area contributed by atoms with Crippen LogP contribution in [-0.4, -0.2) is 23.0 Å². The number of nitrogens with zero attached hydrogens (tertiary/aromatic N) is 4. The summed E-state index contributed by atoms with van der Waals surface area (Å²) >= 11 is 0. The smallest absolute Gasteiger partial charge is 0.144 e. The molecule has 0 saturated heterocycles. The minimum Gasteiger partial charge on any atom is -0.298 e. The molecule has 0 aliphatic carbocycles. The van der Waals surface area contributed by atoms with Crippen LogP contribution in [0.4, 0.5) is 0 Å². The van der Waals surface area contributed by atoms with E-state index in [0.29, 0.717) is 18.7 Å². The molecule has 4 heteroatoms. The van der Waals surface area contributed by atoms with Gasteiger partial charge in [-0.2, -0.15) is 10.5 Å². The van der Waals surface area contributed by atoms with Gasteiger partial charge in [-0.15, -0.1) is 0 Å². The van der Waals surface area contributed by atoms with Gasteiger partial charge in [-0.05, 0) is 12.6 Å². The molecule has 1 heterocycles. The second-order valence-electron chi connectivity index (χ2n) is 3.40. The molecule has 4 nitrogen and oxygen atoms in total. The van der Waals surface area contributed by atoms with Crippen molar-refractivity contribution in [1.29, 1.82) is 10.5 Å². The summed E-state index contributed by atoms with van der Waals surface area (Å²) in [6.07, 6.45) is 2.13. The first-order valence-corrected chi connectivity index (χ1v) is 5.25. The Balaban J connectivity index is 2.71. The highest BCUT2D eigenvalue weighted by Gasteiger charge is 2.07. The Morgan fingerprint density at radius 2 is 2.25 bits per heavy atom. The van der Waals surface area contributed by atoms with Crippen molar-refractivity contribution in [3.8, 4) is 12.1 Å². The highest BCUT2D eigenvalue weighted by Crippen LogP contribution is 2.08. The van der Waals surface area contributed by atoms with Crippen molar-refractivity contribution in [2.45, 2.75) is 19.9 Å². The van der Waals surface area contributed by atoms with Gasteiger partial charge in [0.1, 0.15) is 11.8 Å². The van der Waals surface area contributed by atoms with Gasteiger partial charge in [-0.25, -0.2) is 4.98 Å². The third-order valence-corrected chi connectivity index (χ3v) is 2.38. The molecule has 0 N–H and O–H groups in total. The van der Waals surface area contributed by atoms with Gasteiger partial charge in [0, 0.05) is 31.3 Å². The van der Waals surface area contributed by atoms with Gasteiger partial charge in [-0.1, -0.05) is 13.0 Å². The summed E-state index contributed by atoms with van der Waals surface area (Å²) in [6.45, 7) is 4.31. The molecule has 0 spiro atoms. The Bertz CT molecular complexity index is 414. The van der Waals surface area contributed by atoms with Gasteiger partial charge in [0.2, 0.25) is 0 Å². The normalized spacial score (nSPS) is 9.75. The van der Waals surface area contributed by atoms with Crippen LogP contribution in [0.3, 0.4) is 0 Å². The van der Waals surface area contributed by atoms with E-state index in [9.17, 15) is 0 Å². The molecule has 0 saturated carbocycles. The van der Waals surface area contributed by atoms with Crippen LogP contribution >= 0.6 is 0 Å². The quantitative estimate of drug-likeness (QED) is 0.748. The van der Waals surface area contributed by atoms with Gasteiger partial charge in [-0.3, -0.25) is 4.90 Å². The van der Waals surface area contributed by atoms with E-state index in [1.54, 1.807) is 6.20 Å². The number of aromatic nitrogens is 1. The van der Waals surface area contributed by atoms with Gasteiger partial charge >= 0.3 is 0 Å². The van der Waals surface area contributed by atoms with Crippen LogP contribution in [0.2, 0.25) is 0 Å². The number of hydrogen-bond donors (Lipinski definition) is 0. The molecule has 0 aliphatic rings. The molecule has 0 bridgehead atoms. The fourth-order valence-corrected chi connectivity index (χ4v) is 1.46. The molecule has 0 amide bonds.